The molecule has 14 nitrogen and oxygen atoms in total. The number of methoxy groups -OCH3 is 2. The average Bonchev–Trinajstić information content (AvgIpc) is 4.10. The van der Waals surface area contributed by atoms with Gasteiger partial charge in [0, 0.05) is 54.9 Å². The zero-order valence-corrected chi connectivity index (χ0v) is 35.3. The van der Waals surface area contributed by atoms with Crippen LogP contribution in [0.15, 0.2) is 141 Å². The molecular weight excluding hydrogens is 807 g/mol. The lowest BCUT2D eigenvalue weighted by Gasteiger charge is -2.38. The SMILES string of the molecule is COc1ccc(COC(=O)N2CCC(Oc3cc(C45C=C6C=CC(=N6)C=c6ccc([nH]6)=CC6=NC(=C(S(C)(=O)=O)C(=CC4)N5)C=C6)ncn3)CC2Cc2ccc(OC)cc2)cc1. The predicted octanol–water partition coefficient (Wildman–Crippen LogP) is 5.12. The standard InChI is InChI=1S/C47H45N7O7S/c1-58-38-13-4-30(5-14-38)22-37-25-40(19-21-54(37)46(55)60-28-31-6-15-39(59-2)16-7-31)61-44-26-43(48-29-49-44)47-20-18-42(53-47)45(62(3,56)57)41-17-12-35(52-41)24-33-9-8-32(50-33)23-34-10-11-36(27-47)51-34/h4-18,23-24,26-27,29,37,40,50,53H,19-22,25,28H2,1-3H3. The minimum absolute atomic E-state index is 0.0823. The zero-order valence-electron chi connectivity index (χ0n) is 34.4. The molecule has 5 aliphatic rings. The van der Waals surface area contributed by atoms with Gasteiger partial charge < -0.3 is 34.1 Å². The van der Waals surface area contributed by atoms with Gasteiger partial charge in [0.2, 0.25) is 5.88 Å². The van der Waals surface area contributed by atoms with E-state index >= 15 is 0 Å². The topological polar surface area (TPSA) is 170 Å². The number of nitrogens with one attached hydrogen (secondary N) is 2. The summed E-state index contributed by atoms with van der Waals surface area (Å²) < 4.78 is 50.1. The maximum absolute atomic E-state index is 13.7. The van der Waals surface area contributed by atoms with Gasteiger partial charge in [-0.2, -0.15) is 0 Å². The molecule has 1 fully saturated rings. The molecule has 0 radical (unpaired) electrons. The summed E-state index contributed by atoms with van der Waals surface area (Å²) in [5.41, 5.74) is 4.21. The van der Waals surface area contributed by atoms with Crippen LogP contribution in [0.4, 0.5) is 4.79 Å². The van der Waals surface area contributed by atoms with Crippen LogP contribution in [0.1, 0.15) is 36.1 Å². The molecule has 3 atom stereocenters. The molecule has 7 heterocycles. The quantitative estimate of drug-likeness (QED) is 0.219. The molecule has 316 valence electrons. The molecule has 1 amide bonds. The zero-order chi connectivity index (χ0) is 42.8. The molecular formula is C47H45N7O7S. The Bertz CT molecular complexity index is 2870. The van der Waals surface area contributed by atoms with Crippen molar-refractivity contribution in [2.45, 2.75) is 50.0 Å². The Labute approximate surface area is 359 Å². The number of allylic oxidation sites excluding steroid dienone is 4. The lowest BCUT2D eigenvalue weighted by Crippen LogP contribution is -2.50. The number of fused-ring (bicyclic) bond motifs is 6. The van der Waals surface area contributed by atoms with Crippen molar-refractivity contribution >= 4 is 39.5 Å². The minimum Gasteiger partial charge on any atom is -0.497 e. The van der Waals surface area contributed by atoms with Crippen LogP contribution in [0.2, 0.25) is 0 Å². The Morgan fingerprint density at radius 3 is 2.27 bits per heavy atom. The number of H-pyrrole nitrogens is 1. The molecule has 0 spiro atoms. The fraction of sp³-hybridized carbons (Fsp3) is 0.255. The molecule has 2 N–H and O–H groups in total. The lowest BCUT2D eigenvalue weighted by atomic mass is 9.91. The van der Waals surface area contributed by atoms with Gasteiger partial charge in [-0.05, 0) is 96.5 Å². The summed E-state index contributed by atoms with van der Waals surface area (Å²) in [6, 6.07) is 20.7. The number of aromatic amines is 1. The molecule has 1 saturated heterocycles. The van der Waals surface area contributed by atoms with E-state index in [2.05, 4.69) is 15.3 Å². The van der Waals surface area contributed by atoms with Crippen molar-refractivity contribution < 1.29 is 32.2 Å². The number of ether oxygens (including phenoxy) is 4. The number of sulfone groups is 1. The number of nitrogens with zero attached hydrogens (tertiary/aromatic N) is 5. The van der Waals surface area contributed by atoms with Crippen LogP contribution in [0, 0.1) is 0 Å². The number of carbonyl (C=O) groups is 1. The van der Waals surface area contributed by atoms with Crippen molar-refractivity contribution in [3.8, 4) is 17.4 Å². The number of rotatable bonds is 10. The highest BCUT2D eigenvalue weighted by molar-refractivity contribution is 7.94. The highest BCUT2D eigenvalue weighted by Gasteiger charge is 2.40. The smallest absolute Gasteiger partial charge is 0.410 e. The first-order valence-corrected chi connectivity index (χ1v) is 22.2. The first-order valence-electron chi connectivity index (χ1n) is 20.3. The van der Waals surface area contributed by atoms with Crippen LogP contribution >= 0.6 is 0 Å². The molecule has 0 saturated carbocycles. The van der Waals surface area contributed by atoms with E-state index in [1.54, 1.807) is 37.3 Å². The van der Waals surface area contributed by atoms with Crippen molar-refractivity contribution in [2.75, 3.05) is 27.0 Å². The van der Waals surface area contributed by atoms with Crippen LogP contribution in [0.5, 0.6) is 17.4 Å². The summed E-state index contributed by atoms with van der Waals surface area (Å²) in [6.45, 7) is 0.532. The first kappa shape index (κ1) is 40.4. The second-order valence-electron chi connectivity index (χ2n) is 15.7. The van der Waals surface area contributed by atoms with Crippen molar-refractivity contribution in [1.82, 2.24) is 25.2 Å². The van der Waals surface area contributed by atoms with Gasteiger partial charge in [0.05, 0.1) is 48.4 Å². The summed E-state index contributed by atoms with van der Waals surface area (Å²) in [5.74, 6) is 1.82. The van der Waals surface area contributed by atoms with Gasteiger partial charge >= 0.3 is 6.09 Å². The Morgan fingerprint density at radius 2 is 1.56 bits per heavy atom. The van der Waals surface area contributed by atoms with Gasteiger partial charge in [-0.3, -0.25) is 0 Å². The van der Waals surface area contributed by atoms with Crippen molar-refractivity contribution in [2.24, 2.45) is 9.98 Å². The van der Waals surface area contributed by atoms with Crippen LogP contribution in [-0.4, -0.2) is 85.0 Å². The third-order valence-electron chi connectivity index (χ3n) is 11.4. The third kappa shape index (κ3) is 8.75. The van der Waals surface area contributed by atoms with Crippen LogP contribution in [-0.2, 0) is 33.1 Å². The minimum atomic E-state index is -3.77. The van der Waals surface area contributed by atoms with Gasteiger partial charge in [0.1, 0.15) is 41.0 Å². The van der Waals surface area contributed by atoms with E-state index in [1.807, 2.05) is 97.1 Å². The Kier molecular flexibility index (Phi) is 11.0. The number of benzene rings is 2. The summed E-state index contributed by atoms with van der Waals surface area (Å²) in [6.07, 6.45) is 19.0. The van der Waals surface area contributed by atoms with E-state index < -0.39 is 21.5 Å². The molecule has 3 unspecified atom stereocenters. The number of hydrogen-bond donors (Lipinski definition) is 2. The third-order valence-corrected chi connectivity index (χ3v) is 12.5. The second-order valence-corrected chi connectivity index (χ2v) is 17.6. The molecule has 9 rings (SSSR count). The molecule has 5 aliphatic heterocycles. The number of carbonyl (C=O) groups excluding carboxylic acids is 1. The van der Waals surface area contributed by atoms with Gasteiger partial charge in [-0.1, -0.05) is 30.3 Å². The average molecular weight is 852 g/mol. The van der Waals surface area contributed by atoms with Gasteiger partial charge in [-0.25, -0.2) is 33.2 Å². The summed E-state index contributed by atoms with van der Waals surface area (Å²) in [5, 5.41) is 5.23. The number of amides is 1. The second kappa shape index (κ2) is 16.8. The van der Waals surface area contributed by atoms with Gasteiger partial charge in [0.25, 0.3) is 0 Å². The molecule has 15 heteroatoms. The molecule has 8 bridgehead atoms. The molecule has 2 aromatic heterocycles. The lowest BCUT2D eigenvalue weighted by molar-refractivity contribution is 0.0335. The number of piperidine rings is 1. The molecule has 62 heavy (non-hydrogen) atoms. The summed E-state index contributed by atoms with van der Waals surface area (Å²) in [4.78, 5) is 37.8. The van der Waals surface area contributed by atoms with Crippen molar-refractivity contribution in [3.05, 3.63) is 159 Å². The van der Waals surface area contributed by atoms with E-state index in [9.17, 15) is 13.2 Å². The van der Waals surface area contributed by atoms with Crippen molar-refractivity contribution in [3.63, 3.8) is 0 Å². The normalized spacial score (nSPS) is 21.5. The molecule has 0 aliphatic carbocycles. The fourth-order valence-corrected chi connectivity index (χ4v) is 9.31. The Morgan fingerprint density at radius 1 is 0.871 bits per heavy atom. The number of aliphatic imine (C=N–C) groups is 2. The first-order chi connectivity index (χ1) is 30.0. The number of aromatic nitrogens is 3. The van der Waals surface area contributed by atoms with E-state index in [-0.39, 0.29) is 23.7 Å². The van der Waals surface area contributed by atoms with Gasteiger partial charge in [0.15, 0.2) is 9.84 Å². The van der Waals surface area contributed by atoms with E-state index in [0.717, 1.165) is 39.0 Å². The Balaban J connectivity index is 1.000. The van der Waals surface area contributed by atoms with Gasteiger partial charge in [-0.15, -0.1) is 0 Å². The van der Waals surface area contributed by atoms with Crippen LogP contribution in [0.3, 0.4) is 0 Å². The maximum atomic E-state index is 13.7. The highest BCUT2D eigenvalue weighted by Crippen LogP contribution is 2.40. The van der Waals surface area contributed by atoms with E-state index in [1.165, 1.54) is 12.6 Å². The number of likely N-dealkylation sites (tertiary alicyclic amines) is 1. The maximum Gasteiger partial charge on any atom is 0.410 e. The Hall–Kier alpha value is -7.00. The fourth-order valence-electron chi connectivity index (χ4n) is 8.29. The highest BCUT2D eigenvalue weighted by atomic mass is 32.2. The predicted molar refractivity (Wildman–Crippen MR) is 236 cm³/mol. The van der Waals surface area contributed by atoms with E-state index in [0.29, 0.717) is 66.6 Å². The van der Waals surface area contributed by atoms with Crippen LogP contribution < -0.4 is 30.2 Å². The summed E-state index contributed by atoms with van der Waals surface area (Å²) >= 11 is 0. The van der Waals surface area contributed by atoms with Crippen molar-refractivity contribution in [1.29, 1.82) is 0 Å². The monoisotopic (exact) mass is 851 g/mol. The summed E-state index contributed by atoms with van der Waals surface area (Å²) in [7, 11) is -0.534. The van der Waals surface area contributed by atoms with E-state index in [4.69, 9.17) is 33.9 Å². The molecule has 2 aromatic carbocycles. The number of hydrogen-bond acceptors (Lipinski definition) is 12. The largest absolute Gasteiger partial charge is 0.497 e. The molecule has 4 aromatic rings. The van der Waals surface area contributed by atoms with Crippen LogP contribution in [0.25, 0.3) is 12.2 Å².